The van der Waals surface area contributed by atoms with Gasteiger partial charge < -0.3 is 10.2 Å². The molecule has 0 saturated carbocycles. The second-order valence-corrected chi connectivity index (χ2v) is 6.89. The summed E-state index contributed by atoms with van der Waals surface area (Å²) < 4.78 is 31.7. The Hall–Kier alpha value is -0.850. The van der Waals surface area contributed by atoms with Crippen molar-refractivity contribution in [3.05, 3.63) is 17.1 Å². The summed E-state index contributed by atoms with van der Waals surface area (Å²) in [4.78, 5) is 0.227. The highest BCUT2D eigenvalue weighted by atomic mass is 32.2. The van der Waals surface area contributed by atoms with Gasteiger partial charge in [-0.2, -0.15) is 0 Å². The van der Waals surface area contributed by atoms with Crippen molar-refractivity contribution in [1.82, 2.24) is 4.31 Å². The van der Waals surface area contributed by atoms with Crippen LogP contribution in [0.2, 0.25) is 0 Å². The van der Waals surface area contributed by atoms with Crippen LogP contribution < -0.4 is 5.73 Å². The molecule has 1 rings (SSSR count). The summed E-state index contributed by atoms with van der Waals surface area (Å²) in [5.74, 6) is 1.24. The van der Waals surface area contributed by atoms with Gasteiger partial charge in [0.05, 0.1) is 0 Å². The van der Waals surface area contributed by atoms with Crippen LogP contribution >= 0.6 is 0 Å². The molecule has 0 bridgehead atoms. The third kappa shape index (κ3) is 2.76. The van der Waals surface area contributed by atoms with Crippen LogP contribution in [0.4, 0.5) is 0 Å². The first kappa shape index (κ1) is 15.2. The molecule has 0 amide bonds. The van der Waals surface area contributed by atoms with E-state index in [-0.39, 0.29) is 17.4 Å². The van der Waals surface area contributed by atoms with Crippen LogP contribution in [0.5, 0.6) is 0 Å². The topological polar surface area (TPSA) is 76.5 Å². The maximum Gasteiger partial charge on any atom is 0.246 e. The van der Waals surface area contributed by atoms with Crippen molar-refractivity contribution in [2.75, 3.05) is 13.6 Å². The van der Waals surface area contributed by atoms with Crippen LogP contribution in [0, 0.1) is 19.8 Å². The average Bonchev–Trinajstić information content (AvgIpc) is 2.52. The Balaban J connectivity index is 3.28. The van der Waals surface area contributed by atoms with Crippen molar-refractivity contribution in [1.29, 1.82) is 0 Å². The van der Waals surface area contributed by atoms with E-state index < -0.39 is 10.0 Å². The molecule has 0 fully saturated rings. The van der Waals surface area contributed by atoms with Gasteiger partial charge >= 0.3 is 0 Å². The molecule has 0 aliphatic carbocycles. The van der Waals surface area contributed by atoms with E-state index in [1.807, 2.05) is 13.8 Å². The van der Waals surface area contributed by atoms with Gasteiger partial charge in [-0.05, 0) is 19.8 Å². The molecule has 6 heteroatoms. The minimum Gasteiger partial charge on any atom is -0.465 e. The largest absolute Gasteiger partial charge is 0.465 e. The number of hydrogen-bond acceptors (Lipinski definition) is 4. The van der Waals surface area contributed by atoms with Crippen LogP contribution in [-0.4, -0.2) is 26.3 Å². The Bertz CT molecular complexity index is 518. The second kappa shape index (κ2) is 5.42. The summed E-state index contributed by atoms with van der Waals surface area (Å²) in [6.07, 6.45) is 0. The molecular weight excluding hydrogens is 252 g/mol. The van der Waals surface area contributed by atoms with Crippen LogP contribution in [0.25, 0.3) is 0 Å². The monoisotopic (exact) mass is 274 g/mol. The molecule has 0 unspecified atom stereocenters. The fourth-order valence-corrected chi connectivity index (χ4v) is 3.80. The first-order chi connectivity index (χ1) is 8.21. The summed E-state index contributed by atoms with van der Waals surface area (Å²) >= 11 is 0. The van der Waals surface area contributed by atoms with Gasteiger partial charge in [0.25, 0.3) is 0 Å². The lowest BCUT2D eigenvalue weighted by Crippen LogP contribution is -2.31. The van der Waals surface area contributed by atoms with Gasteiger partial charge in [-0.25, -0.2) is 12.7 Å². The number of nitrogens with two attached hydrogens (primary N) is 1. The minimum absolute atomic E-state index is 0.160. The van der Waals surface area contributed by atoms with E-state index in [0.717, 1.165) is 0 Å². The summed E-state index contributed by atoms with van der Waals surface area (Å²) in [5.41, 5.74) is 6.19. The Morgan fingerprint density at radius 1 is 1.28 bits per heavy atom. The van der Waals surface area contributed by atoms with Crippen molar-refractivity contribution in [2.45, 2.75) is 39.1 Å². The second-order valence-electron chi connectivity index (χ2n) is 4.91. The number of hydrogen-bond donors (Lipinski definition) is 1. The molecule has 1 aromatic rings. The number of nitrogens with zero attached hydrogens (tertiary/aromatic N) is 1. The first-order valence-electron chi connectivity index (χ1n) is 5.97. The standard InChI is InChI=1S/C12H22N2O3S/c1-8(2)7-14(5)18(15,16)12-10(4)17-9(3)11(12)6-13/h8H,6-7,13H2,1-5H3. The van der Waals surface area contributed by atoms with Crippen molar-refractivity contribution >= 4 is 10.0 Å². The third-order valence-electron chi connectivity index (χ3n) is 2.82. The highest BCUT2D eigenvalue weighted by molar-refractivity contribution is 7.89. The van der Waals surface area contributed by atoms with E-state index >= 15 is 0 Å². The molecule has 104 valence electrons. The lowest BCUT2D eigenvalue weighted by molar-refractivity contribution is 0.415. The van der Waals surface area contributed by atoms with E-state index in [2.05, 4.69) is 0 Å². The van der Waals surface area contributed by atoms with Crippen molar-refractivity contribution in [3.63, 3.8) is 0 Å². The highest BCUT2D eigenvalue weighted by Crippen LogP contribution is 2.28. The molecule has 0 aliphatic heterocycles. The molecule has 1 aromatic heterocycles. The van der Waals surface area contributed by atoms with Gasteiger partial charge in [-0.15, -0.1) is 0 Å². The summed E-state index contributed by atoms with van der Waals surface area (Å²) in [6.45, 7) is 7.97. The van der Waals surface area contributed by atoms with Gasteiger partial charge in [0.1, 0.15) is 16.4 Å². The highest BCUT2D eigenvalue weighted by Gasteiger charge is 2.30. The molecule has 5 nitrogen and oxygen atoms in total. The number of sulfonamides is 1. The molecular formula is C12H22N2O3S. The van der Waals surface area contributed by atoms with Crippen molar-refractivity contribution < 1.29 is 12.8 Å². The van der Waals surface area contributed by atoms with Gasteiger partial charge in [0, 0.05) is 25.7 Å². The van der Waals surface area contributed by atoms with Crippen LogP contribution in [0.15, 0.2) is 9.31 Å². The van der Waals surface area contributed by atoms with Gasteiger partial charge in [-0.3, -0.25) is 0 Å². The Morgan fingerprint density at radius 2 is 1.83 bits per heavy atom. The van der Waals surface area contributed by atoms with E-state index in [9.17, 15) is 8.42 Å². The van der Waals surface area contributed by atoms with Crippen LogP contribution in [0.3, 0.4) is 0 Å². The van der Waals surface area contributed by atoms with Crippen LogP contribution in [0.1, 0.15) is 30.9 Å². The quantitative estimate of drug-likeness (QED) is 0.885. The molecule has 2 N–H and O–H groups in total. The van der Waals surface area contributed by atoms with E-state index in [4.69, 9.17) is 10.2 Å². The molecule has 0 atom stereocenters. The fraction of sp³-hybridized carbons (Fsp3) is 0.667. The summed E-state index contributed by atoms with van der Waals surface area (Å²) in [6, 6.07) is 0. The molecule has 0 saturated heterocycles. The number of rotatable bonds is 5. The molecule has 0 spiro atoms. The third-order valence-corrected chi connectivity index (χ3v) is 4.84. The predicted molar refractivity (Wildman–Crippen MR) is 70.7 cm³/mol. The molecule has 0 radical (unpaired) electrons. The lowest BCUT2D eigenvalue weighted by Gasteiger charge is -2.19. The lowest BCUT2D eigenvalue weighted by atomic mass is 10.2. The predicted octanol–water partition coefficient (Wildman–Crippen LogP) is 1.63. The average molecular weight is 274 g/mol. The molecule has 1 heterocycles. The Labute approximate surface area is 109 Å². The zero-order valence-corrected chi connectivity index (χ0v) is 12.5. The first-order valence-corrected chi connectivity index (χ1v) is 7.41. The summed E-state index contributed by atoms with van der Waals surface area (Å²) in [7, 11) is -1.95. The van der Waals surface area contributed by atoms with Crippen LogP contribution in [-0.2, 0) is 16.6 Å². The molecule has 18 heavy (non-hydrogen) atoms. The minimum atomic E-state index is -3.53. The Morgan fingerprint density at radius 3 is 2.28 bits per heavy atom. The van der Waals surface area contributed by atoms with Gasteiger partial charge in [0.15, 0.2) is 0 Å². The smallest absolute Gasteiger partial charge is 0.246 e. The Kier molecular flexibility index (Phi) is 4.58. The molecule has 0 aromatic carbocycles. The summed E-state index contributed by atoms with van der Waals surface area (Å²) in [5, 5.41) is 0. The zero-order chi connectivity index (χ0) is 14.1. The fourth-order valence-electron chi connectivity index (χ4n) is 2.05. The molecule has 0 aliphatic rings. The van der Waals surface area contributed by atoms with E-state index in [1.54, 1.807) is 20.9 Å². The SMILES string of the molecule is Cc1oc(C)c(S(=O)(=O)N(C)CC(C)C)c1CN. The van der Waals surface area contributed by atoms with E-state index in [1.165, 1.54) is 4.31 Å². The number of aryl methyl sites for hydroxylation is 2. The van der Waals surface area contributed by atoms with Gasteiger partial charge in [0.2, 0.25) is 10.0 Å². The maximum atomic E-state index is 12.5. The van der Waals surface area contributed by atoms with Crippen molar-refractivity contribution in [2.24, 2.45) is 11.7 Å². The van der Waals surface area contributed by atoms with Gasteiger partial charge in [-0.1, -0.05) is 13.8 Å². The maximum absolute atomic E-state index is 12.5. The number of furan rings is 1. The van der Waals surface area contributed by atoms with E-state index in [0.29, 0.717) is 23.6 Å². The van der Waals surface area contributed by atoms with Crippen molar-refractivity contribution in [3.8, 4) is 0 Å². The zero-order valence-electron chi connectivity index (χ0n) is 11.6. The normalized spacial score (nSPS) is 12.7.